The van der Waals surface area contributed by atoms with Crippen LogP contribution in [0.1, 0.15) is 33.3 Å². The molecular formula is C15H23FN2O2. The van der Waals surface area contributed by atoms with Gasteiger partial charge in [0.2, 0.25) is 0 Å². The normalized spacial score (nSPS) is 12.3. The third kappa shape index (κ3) is 5.17. The highest BCUT2D eigenvalue weighted by molar-refractivity contribution is 5.80. The van der Waals surface area contributed by atoms with Gasteiger partial charge in [0.1, 0.15) is 0 Å². The number of hydrogen-bond acceptors (Lipinski definition) is 3. The standard InChI is InChI=1S/C15H23FN2O2/c1-5-17-15(19)11(4)20-14-7-6-12(8-13(14)16)9-18-10(2)3/h6-8,10-11,18H,5,9H2,1-4H3,(H,17,19). The molecule has 0 aromatic heterocycles. The molecule has 0 saturated carbocycles. The van der Waals surface area contributed by atoms with E-state index in [0.29, 0.717) is 19.1 Å². The molecule has 20 heavy (non-hydrogen) atoms. The van der Waals surface area contributed by atoms with Gasteiger partial charge in [0.15, 0.2) is 17.7 Å². The summed E-state index contributed by atoms with van der Waals surface area (Å²) in [5.41, 5.74) is 0.842. The van der Waals surface area contributed by atoms with Gasteiger partial charge in [-0.25, -0.2) is 4.39 Å². The van der Waals surface area contributed by atoms with E-state index in [1.54, 1.807) is 19.1 Å². The summed E-state index contributed by atoms with van der Waals surface area (Å²) < 4.78 is 19.2. The topological polar surface area (TPSA) is 50.4 Å². The maximum Gasteiger partial charge on any atom is 0.260 e. The monoisotopic (exact) mass is 282 g/mol. The zero-order valence-electron chi connectivity index (χ0n) is 12.5. The number of likely N-dealkylation sites (N-methyl/N-ethyl adjacent to an activating group) is 1. The molecular weight excluding hydrogens is 259 g/mol. The predicted octanol–water partition coefficient (Wildman–Crippen LogP) is 2.23. The summed E-state index contributed by atoms with van der Waals surface area (Å²) in [5.74, 6) is -0.612. The van der Waals surface area contributed by atoms with Gasteiger partial charge in [-0.05, 0) is 31.5 Å². The fourth-order valence-electron chi connectivity index (χ4n) is 1.63. The molecule has 5 heteroatoms. The molecule has 0 radical (unpaired) electrons. The first kappa shape index (κ1) is 16.4. The van der Waals surface area contributed by atoms with E-state index in [1.165, 1.54) is 6.07 Å². The van der Waals surface area contributed by atoms with Crippen LogP contribution in [-0.4, -0.2) is 24.6 Å². The number of rotatable bonds is 7. The highest BCUT2D eigenvalue weighted by atomic mass is 19.1. The van der Waals surface area contributed by atoms with Crippen LogP contribution in [0.15, 0.2) is 18.2 Å². The van der Waals surface area contributed by atoms with Crippen LogP contribution in [0, 0.1) is 5.82 Å². The fraction of sp³-hybridized carbons (Fsp3) is 0.533. The van der Waals surface area contributed by atoms with Crippen LogP contribution in [0.5, 0.6) is 5.75 Å². The molecule has 0 fully saturated rings. The minimum absolute atomic E-state index is 0.0945. The van der Waals surface area contributed by atoms with E-state index in [-0.39, 0.29) is 11.7 Å². The van der Waals surface area contributed by atoms with E-state index in [1.807, 2.05) is 20.8 Å². The van der Waals surface area contributed by atoms with Gasteiger partial charge < -0.3 is 15.4 Å². The van der Waals surface area contributed by atoms with Crippen molar-refractivity contribution in [3.63, 3.8) is 0 Å². The van der Waals surface area contributed by atoms with Crippen LogP contribution < -0.4 is 15.4 Å². The SMILES string of the molecule is CCNC(=O)C(C)Oc1ccc(CNC(C)C)cc1F. The van der Waals surface area contributed by atoms with Crippen LogP contribution in [0.4, 0.5) is 4.39 Å². The van der Waals surface area contributed by atoms with Crippen molar-refractivity contribution in [2.45, 2.75) is 46.4 Å². The Labute approximate surface area is 119 Å². The lowest BCUT2D eigenvalue weighted by Gasteiger charge is -2.15. The minimum atomic E-state index is -0.718. The third-order valence-corrected chi connectivity index (χ3v) is 2.73. The summed E-state index contributed by atoms with van der Waals surface area (Å²) in [7, 11) is 0. The second-order valence-electron chi connectivity index (χ2n) is 4.96. The van der Waals surface area contributed by atoms with Gasteiger partial charge in [-0.3, -0.25) is 4.79 Å². The Morgan fingerprint density at radius 3 is 2.60 bits per heavy atom. The van der Waals surface area contributed by atoms with E-state index in [4.69, 9.17) is 4.74 Å². The van der Waals surface area contributed by atoms with Gasteiger partial charge in [-0.1, -0.05) is 19.9 Å². The molecule has 1 rings (SSSR count). The molecule has 1 atom stereocenters. The number of ether oxygens (including phenoxy) is 1. The second-order valence-corrected chi connectivity index (χ2v) is 4.96. The molecule has 1 unspecified atom stereocenters. The maximum absolute atomic E-state index is 13.9. The number of nitrogens with one attached hydrogen (secondary N) is 2. The average Bonchev–Trinajstić information content (AvgIpc) is 2.39. The summed E-state index contributed by atoms with van der Waals surface area (Å²) >= 11 is 0. The molecule has 2 N–H and O–H groups in total. The molecule has 1 aromatic carbocycles. The summed E-state index contributed by atoms with van der Waals surface area (Å²) in [4.78, 5) is 11.5. The van der Waals surface area contributed by atoms with Crippen LogP contribution in [0.2, 0.25) is 0 Å². The van der Waals surface area contributed by atoms with Crippen molar-refractivity contribution in [3.8, 4) is 5.75 Å². The summed E-state index contributed by atoms with van der Waals surface area (Å²) in [6.07, 6.45) is -0.718. The molecule has 0 heterocycles. The zero-order chi connectivity index (χ0) is 15.1. The van der Waals surface area contributed by atoms with Crippen LogP contribution in [0.25, 0.3) is 0 Å². The lowest BCUT2D eigenvalue weighted by Crippen LogP contribution is -2.36. The Hall–Kier alpha value is -1.62. The molecule has 0 bridgehead atoms. The van der Waals surface area contributed by atoms with E-state index in [9.17, 15) is 9.18 Å². The average molecular weight is 282 g/mol. The zero-order valence-corrected chi connectivity index (χ0v) is 12.5. The first-order valence-corrected chi connectivity index (χ1v) is 6.90. The Kier molecular flexibility index (Phi) is 6.45. The highest BCUT2D eigenvalue weighted by Crippen LogP contribution is 2.19. The summed E-state index contributed by atoms with van der Waals surface area (Å²) in [5, 5.41) is 5.85. The molecule has 4 nitrogen and oxygen atoms in total. The molecule has 112 valence electrons. The Morgan fingerprint density at radius 1 is 1.35 bits per heavy atom. The smallest absolute Gasteiger partial charge is 0.260 e. The van der Waals surface area contributed by atoms with E-state index in [2.05, 4.69) is 10.6 Å². The largest absolute Gasteiger partial charge is 0.478 e. The number of carbonyl (C=O) groups excluding carboxylic acids is 1. The molecule has 0 aliphatic rings. The minimum Gasteiger partial charge on any atom is -0.478 e. The number of hydrogen-bond donors (Lipinski definition) is 2. The van der Waals surface area contributed by atoms with Crippen molar-refractivity contribution < 1.29 is 13.9 Å². The lowest BCUT2D eigenvalue weighted by atomic mass is 10.2. The van der Waals surface area contributed by atoms with Gasteiger partial charge in [0.05, 0.1) is 0 Å². The first-order chi connectivity index (χ1) is 9.43. The quantitative estimate of drug-likeness (QED) is 0.806. The van der Waals surface area contributed by atoms with E-state index < -0.39 is 11.9 Å². The van der Waals surface area contributed by atoms with Gasteiger partial charge in [0, 0.05) is 19.1 Å². The maximum atomic E-state index is 13.9. The van der Waals surface area contributed by atoms with Crippen molar-refractivity contribution in [1.29, 1.82) is 0 Å². The second kappa shape index (κ2) is 7.85. The highest BCUT2D eigenvalue weighted by Gasteiger charge is 2.15. The number of carbonyl (C=O) groups is 1. The van der Waals surface area contributed by atoms with Crippen molar-refractivity contribution >= 4 is 5.91 Å². The van der Waals surface area contributed by atoms with Crippen LogP contribution >= 0.6 is 0 Å². The van der Waals surface area contributed by atoms with Crippen molar-refractivity contribution in [3.05, 3.63) is 29.6 Å². The van der Waals surface area contributed by atoms with E-state index in [0.717, 1.165) is 5.56 Å². The summed E-state index contributed by atoms with van der Waals surface area (Å²) in [6, 6.07) is 5.11. The van der Waals surface area contributed by atoms with Gasteiger partial charge in [-0.2, -0.15) is 0 Å². The number of benzene rings is 1. The Morgan fingerprint density at radius 2 is 2.05 bits per heavy atom. The Bertz CT molecular complexity index is 449. The third-order valence-electron chi connectivity index (χ3n) is 2.73. The molecule has 1 aromatic rings. The van der Waals surface area contributed by atoms with Crippen LogP contribution in [-0.2, 0) is 11.3 Å². The fourth-order valence-corrected chi connectivity index (χ4v) is 1.63. The van der Waals surface area contributed by atoms with Gasteiger partial charge >= 0.3 is 0 Å². The van der Waals surface area contributed by atoms with Crippen molar-refractivity contribution in [2.75, 3.05) is 6.54 Å². The molecule has 0 spiro atoms. The van der Waals surface area contributed by atoms with E-state index >= 15 is 0 Å². The van der Waals surface area contributed by atoms with Crippen LogP contribution in [0.3, 0.4) is 0 Å². The lowest BCUT2D eigenvalue weighted by molar-refractivity contribution is -0.127. The molecule has 0 saturated heterocycles. The summed E-state index contributed by atoms with van der Waals surface area (Å²) in [6.45, 7) is 8.60. The predicted molar refractivity (Wildman–Crippen MR) is 77.1 cm³/mol. The van der Waals surface area contributed by atoms with Gasteiger partial charge in [0.25, 0.3) is 5.91 Å². The molecule has 0 aliphatic carbocycles. The van der Waals surface area contributed by atoms with Crippen molar-refractivity contribution in [1.82, 2.24) is 10.6 Å². The number of halogens is 1. The molecule has 1 amide bonds. The first-order valence-electron chi connectivity index (χ1n) is 6.90. The number of amides is 1. The van der Waals surface area contributed by atoms with Gasteiger partial charge in [-0.15, -0.1) is 0 Å². The van der Waals surface area contributed by atoms with Crippen molar-refractivity contribution in [2.24, 2.45) is 0 Å². The molecule has 0 aliphatic heterocycles. The Balaban J connectivity index is 2.66.